The molecule has 29 heavy (non-hydrogen) atoms. The number of rotatable bonds is 4. The third-order valence-electron chi connectivity index (χ3n) is 5.79. The molecule has 2 aliphatic heterocycles. The molecule has 2 fully saturated rings. The van der Waals surface area contributed by atoms with Gasteiger partial charge in [0.05, 0.1) is 4.90 Å². The summed E-state index contributed by atoms with van der Waals surface area (Å²) in [4.78, 5) is 28.7. The van der Waals surface area contributed by atoms with Crippen LogP contribution in [0.15, 0.2) is 29.2 Å². The number of hydrogen-bond acceptors (Lipinski definition) is 4. The monoisotopic (exact) mass is 421 g/mol. The number of carbonyl (C=O) groups excluding carboxylic acids is 2. The van der Waals surface area contributed by atoms with Gasteiger partial charge in [-0.3, -0.25) is 9.59 Å². The second-order valence-corrected chi connectivity index (χ2v) is 10.6. The Morgan fingerprint density at radius 3 is 2.38 bits per heavy atom. The fraction of sp³-hybridized carbons (Fsp3) is 0.619. The van der Waals surface area contributed by atoms with Gasteiger partial charge >= 0.3 is 0 Å². The average Bonchev–Trinajstić information content (AvgIpc) is 3.15. The summed E-state index contributed by atoms with van der Waals surface area (Å²) in [7, 11) is -0.308. The van der Waals surface area contributed by atoms with Crippen LogP contribution in [0.3, 0.4) is 0 Å². The van der Waals surface area contributed by atoms with Gasteiger partial charge in [-0.1, -0.05) is 19.9 Å². The lowest BCUT2D eigenvalue weighted by molar-refractivity contribution is -0.132. The first kappa shape index (κ1) is 21.8. The van der Waals surface area contributed by atoms with Crippen molar-refractivity contribution in [1.29, 1.82) is 0 Å². The number of hydrogen-bond donors (Lipinski definition) is 0. The van der Waals surface area contributed by atoms with E-state index in [4.69, 9.17) is 0 Å². The molecule has 2 saturated heterocycles. The fourth-order valence-electron chi connectivity index (χ4n) is 4.47. The van der Waals surface area contributed by atoms with Crippen LogP contribution in [0.2, 0.25) is 0 Å². The summed E-state index contributed by atoms with van der Waals surface area (Å²) in [6.45, 7) is 5.62. The summed E-state index contributed by atoms with van der Waals surface area (Å²) >= 11 is 0. The van der Waals surface area contributed by atoms with E-state index in [-0.39, 0.29) is 16.7 Å². The summed E-state index contributed by atoms with van der Waals surface area (Å²) in [6.07, 6.45) is 2.41. The molecule has 3 unspecified atom stereocenters. The van der Waals surface area contributed by atoms with E-state index in [1.807, 2.05) is 0 Å². The van der Waals surface area contributed by atoms with Gasteiger partial charge in [-0.25, -0.2) is 8.42 Å². The van der Waals surface area contributed by atoms with E-state index < -0.39 is 16.1 Å². The predicted octanol–water partition coefficient (Wildman–Crippen LogP) is 2.05. The van der Waals surface area contributed by atoms with Crippen molar-refractivity contribution >= 4 is 21.8 Å². The number of benzene rings is 1. The summed E-state index contributed by atoms with van der Waals surface area (Å²) in [5, 5.41) is 0. The molecule has 0 radical (unpaired) electrons. The van der Waals surface area contributed by atoms with Crippen LogP contribution in [0.25, 0.3) is 0 Å². The Bertz CT molecular complexity index is 874. The molecule has 3 rings (SSSR count). The number of nitrogens with zero attached hydrogens (tertiary/aromatic N) is 3. The predicted molar refractivity (Wildman–Crippen MR) is 111 cm³/mol. The third kappa shape index (κ3) is 4.48. The van der Waals surface area contributed by atoms with Crippen LogP contribution in [0.1, 0.15) is 43.5 Å². The van der Waals surface area contributed by atoms with Crippen molar-refractivity contribution in [3.8, 4) is 0 Å². The Hall–Kier alpha value is -1.93. The molecule has 0 spiro atoms. The molecule has 1 aromatic rings. The molecule has 2 aliphatic rings. The molecule has 160 valence electrons. The normalized spacial score (nSPS) is 25.8. The van der Waals surface area contributed by atoms with Gasteiger partial charge in [0.2, 0.25) is 15.9 Å². The maximum Gasteiger partial charge on any atom is 0.254 e. The summed E-state index contributed by atoms with van der Waals surface area (Å²) < 4.78 is 27.9. The number of carbonyl (C=O) groups is 2. The number of piperidine rings is 1. The molecule has 7 nitrogen and oxygen atoms in total. The molecule has 0 bridgehead atoms. The lowest BCUT2D eigenvalue weighted by Gasteiger charge is -2.34. The fourth-order valence-corrected chi connectivity index (χ4v) is 6.20. The molecule has 0 saturated carbocycles. The lowest BCUT2D eigenvalue weighted by Crippen LogP contribution is -2.45. The zero-order valence-electron chi connectivity index (χ0n) is 17.7. The van der Waals surface area contributed by atoms with E-state index >= 15 is 0 Å². The zero-order chi connectivity index (χ0) is 21.3. The molecular formula is C21H31N3O4S. The van der Waals surface area contributed by atoms with Crippen molar-refractivity contribution < 1.29 is 18.0 Å². The van der Waals surface area contributed by atoms with Crippen LogP contribution in [-0.2, 0) is 14.8 Å². The highest BCUT2D eigenvalue weighted by atomic mass is 32.2. The average molecular weight is 422 g/mol. The van der Waals surface area contributed by atoms with Gasteiger partial charge in [-0.15, -0.1) is 0 Å². The molecule has 1 aromatic carbocycles. The largest absolute Gasteiger partial charge is 0.347 e. The topological polar surface area (TPSA) is 78.0 Å². The molecular weight excluding hydrogens is 390 g/mol. The number of amides is 2. The molecule has 0 aromatic heterocycles. The van der Waals surface area contributed by atoms with E-state index in [9.17, 15) is 18.0 Å². The van der Waals surface area contributed by atoms with Gasteiger partial charge in [0.1, 0.15) is 6.04 Å². The first-order valence-electron chi connectivity index (χ1n) is 10.2. The number of sulfonamides is 1. The lowest BCUT2D eigenvalue weighted by atomic mass is 9.94. The van der Waals surface area contributed by atoms with Crippen molar-refractivity contribution in [1.82, 2.24) is 14.1 Å². The Kier molecular flexibility index (Phi) is 6.33. The molecule has 8 heteroatoms. The van der Waals surface area contributed by atoms with E-state index in [2.05, 4.69) is 13.8 Å². The van der Waals surface area contributed by atoms with Crippen molar-refractivity contribution in [3.05, 3.63) is 29.8 Å². The standard InChI is InChI=1S/C21H31N3O4S/c1-15-11-16(2)14-23(13-15)29(27,28)18-8-5-7-17(12-18)20(25)24-10-6-9-19(24)21(26)22(3)4/h5,7-8,12,15-16,19H,6,9-11,13-14H2,1-4H3. The minimum atomic E-state index is -3.66. The highest BCUT2D eigenvalue weighted by molar-refractivity contribution is 7.89. The van der Waals surface area contributed by atoms with Crippen molar-refractivity contribution in [2.24, 2.45) is 11.8 Å². The summed E-state index contributed by atoms with van der Waals surface area (Å²) in [5.74, 6) is 0.220. The van der Waals surface area contributed by atoms with Crippen LogP contribution in [0.5, 0.6) is 0 Å². The molecule has 0 N–H and O–H groups in total. The number of likely N-dealkylation sites (N-methyl/N-ethyl adjacent to an activating group) is 1. The second-order valence-electron chi connectivity index (χ2n) is 8.69. The number of likely N-dealkylation sites (tertiary alicyclic amines) is 1. The van der Waals surface area contributed by atoms with Gasteiger partial charge in [-0.05, 0) is 49.3 Å². The Morgan fingerprint density at radius 1 is 1.10 bits per heavy atom. The maximum atomic E-state index is 13.2. The SMILES string of the molecule is CC1CC(C)CN(S(=O)(=O)c2cccc(C(=O)N3CCCC3C(=O)N(C)C)c2)C1. The smallest absolute Gasteiger partial charge is 0.254 e. The van der Waals surface area contributed by atoms with Crippen LogP contribution in [0, 0.1) is 11.8 Å². The molecule has 0 aliphatic carbocycles. The van der Waals surface area contributed by atoms with Crippen LogP contribution in [-0.4, -0.2) is 74.1 Å². The Labute approximate surface area is 173 Å². The minimum absolute atomic E-state index is 0.101. The summed E-state index contributed by atoms with van der Waals surface area (Å²) in [6, 6.07) is 5.75. The third-order valence-corrected chi connectivity index (χ3v) is 7.62. The second kappa shape index (κ2) is 8.44. The zero-order valence-corrected chi connectivity index (χ0v) is 18.5. The van der Waals surface area contributed by atoms with Crippen molar-refractivity contribution in [2.45, 2.75) is 44.0 Å². The summed E-state index contributed by atoms with van der Waals surface area (Å²) in [5.41, 5.74) is 0.308. The molecule has 2 amide bonds. The van der Waals surface area contributed by atoms with Crippen LogP contribution < -0.4 is 0 Å². The van der Waals surface area contributed by atoms with Gasteiger partial charge in [0.25, 0.3) is 5.91 Å². The van der Waals surface area contributed by atoms with Gasteiger partial charge in [0, 0.05) is 39.3 Å². The van der Waals surface area contributed by atoms with Gasteiger partial charge in [-0.2, -0.15) is 4.31 Å². The van der Waals surface area contributed by atoms with Gasteiger partial charge < -0.3 is 9.80 Å². The maximum absolute atomic E-state index is 13.2. The molecule has 2 heterocycles. The van der Waals surface area contributed by atoms with Gasteiger partial charge in [0.15, 0.2) is 0 Å². The molecule has 3 atom stereocenters. The highest BCUT2D eigenvalue weighted by Gasteiger charge is 2.36. The van der Waals surface area contributed by atoms with Crippen LogP contribution >= 0.6 is 0 Å². The highest BCUT2D eigenvalue weighted by Crippen LogP contribution is 2.28. The van der Waals surface area contributed by atoms with Crippen LogP contribution in [0.4, 0.5) is 0 Å². The van der Waals surface area contributed by atoms with E-state index in [0.717, 1.165) is 12.8 Å². The Balaban J connectivity index is 1.85. The Morgan fingerprint density at radius 2 is 1.76 bits per heavy atom. The van der Waals surface area contributed by atoms with E-state index in [1.54, 1.807) is 37.2 Å². The first-order valence-corrected chi connectivity index (χ1v) is 11.7. The van der Waals surface area contributed by atoms with Crippen molar-refractivity contribution in [2.75, 3.05) is 33.7 Å². The van der Waals surface area contributed by atoms with E-state index in [1.165, 1.54) is 15.3 Å². The minimum Gasteiger partial charge on any atom is -0.347 e. The van der Waals surface area contributed by atoms with E-state index in [0.29, 0.717) is 43.5 Å². The first-order chi connectivity index (χ1) is 13.6. The van der Waals surface area contributed by atoms with Crippen molar-refractivity contribution in [3.63, 3.8) is 0 Å². The quantitative estimate of drug-likeness (QED) is 0.745.